The maximum Gasteiger partial charge on any atom is 0.243 e. The fraction of sp³-hybridized carbons (Fsp3) is 0.333. The normalized spacial score (nSPS) is 19.5. The van der Waals surface area contributed by atoms with Gasteiger partial charge in [0, 0.05) is 18.4 Å². The molecule has 2 heterocycles. The maximum absolute atomic E-state index is 12.9. The molecule has 1 aromatic carbocycles. The topological polar surface area (TPSA) is 62.4 Å². The van der Waals surface area contributed by atoms with Crippen LogP contribution in [0.1, 0.15) is 24.6 Å². The summed E-state index contributed by atoms with van der Waals surface area (Å²) in [7, 11) is -2.09. The molecule has 1 aliphatic rings. The van der Waals surface area contributed by atoms with Crippen LogP contribution in [-0.2, 0) is 10.0 Å². The van der Waals surface area contributed by atoms with Crippen molar-refractivity contribution in [3.05, 3.63) is 47.2 Å². The average molecular weight is 341 g/mol. The van der Waals surface area contributed by atoms with Gasteiger partial charge in [0.1, 0.15) is 5.75 Å². The lowest BCUT2D eigenvalue weighted by molar-refractivity contribution is 0.391. The largest absolute Gasteiger partial charge is 0.495 e. The van der Waals surface area contributed by atoms with E-state index < -0.39 is 10.0 Å². The van der Waals surface area contributed by atoms with Crippen molar-refractivity contribution in [2.45, 2.75) is 23.8 Å². The number of sulfonamides is 1. The van der Waals surface area contributed by atoms with Gasteiger partial charge < -0.3 is 9.72 Å². The monoisotopic (exact) mass is 340 g/mol. The third kappa shape index (κ3) is 2.62. The zero-order valence-corrected chi connectivity index (χ0v) is 13.7. The number of rotatable bonds is 4. The Bertz CT molecular complexity index is 759. The number of aromatic nitrogens is 1. The number of aromatic amines is 1. The number of benzene rings is 1. The van der Waals surface area contributed by atoms with Crippen molar-refractivity contribution in [3.63, 3.8) is 0 Å². The van der Waals surface area contributed by atoms with Gasteiger partial charge in [-0.3, -0.25) is 0 Å². The summed E-state index contributed by atoms with van der Waals surface area (Å²) >= 11 is 6.06. The molecule has 0 spiro atoms. The number of nitrogens with zero attached hydrogens (tertiary/aromatic N) is 1. The van der Waals surface area contributed by atoms with Crippen molar-refractivity contribution >= 4 is 21.6 Å². The fourth-order valence-corrected chi connectivity index (χ4v) is 4.86. The minimum atomic E-state index is -3.59. The molecule has 0 saturated carbocycles. The summed E-state index contributed by atoms with van der Waals surface area (Å²) in [5.41, 5.74) is 0.917. The summed E-state index contributed by atoms with van der Waals surface area (Å²) in [6, 6.07) is 8.20. The molecule has 7 heteroatoms. The highest BCUT2D eigenvalue weighted by Crippen LogP contribution is 2.37. The second-order valence-electron chi connectivity index (χ2n) is 5.20. The molecule has 0 radical (unpaired) electrons. The van der Waals surface area contributed by atoms with Crippen LogP contribution < -0.4 is 4.74 Å². The summed E-state index contributed by atoms with van der Waals surface area (Å²) in [5, 5.41) is 0.291. The number of H-pyrrole nitrogens is 1. The average Bonchev–Trinajstić information content (AvgIpc) is 3.17. The van der Waals surface area contributed by atoms with Gasteiger partial charge in [-0.25, -0.2) is 8.42 Å². The van der Waals surface area contributed by atoms with Crippen LogP contribution in [0.5, 0.6) is 5.75 Å². The Balaban J connectivity index is 1.97. The summed E-state index contributed by atoms with van der Waals surface area (Å²) in [5.74, 6) is 0.461. The van der Waals surface area contributed by atoms with E-state index in [1.54, 1.807) is 6.07 Å². The lowest BCUT2D eigenvalue weighted by atomic mass is 10.2. The molecule has 118 valence electrons. The molecule has 5 nitrogen and oxygen atoms in total. The summed E-state index contributed by atoms with van der Waals surface area (Å²) in [6.45, 7) is 0.510. The van der Waals surface area contributed by atoms with Gasteiger partial charge in [0.05, 0.1) is 23.1 Å². The van der Waals surface area contributed by atoms with Gasteiger partial charge in [0.25, 0.3) is 0 Å². The molecule has 0 aliphatic carbocycles. The van der Waals surface area contributed by atoms with Gasteiger partial charge in [0.2, 0.25) is 10.0 Å². The van der Waals surface area contributed by atoms with Gasteiger partial charge in [-0.05, 0) is 43.2 Å². The van der Waals surface area contributed by atoms with Gasteiger partial charge in [0.15, 0.2) is 0 Å². The first-order chi connectivity index (χ1) is 10.5. The second-order valence-corrected chi connectivity index (χ2v) is 7.49. The van der Waals surface area contributed by atoms with E-state index in [1.807, 2.05) is 18.3 Å². The molecule has 1 aromatic heterocycles. The van der Waals surface area contributed by atoms with Gasteiger partial charge in [-0.15, -0.1) is 0 Å². The predicted molar refractivity (Wildman–Crippen MR) is 84.7 cm³/mol. The molecule has 1 fully saturated rings. The second kappa shape index (κ2) is 5.95. The SMILES string of the molecule is COc1ccc(S(=O)(=O)N2CCCC2c2ccc[nH]2)cc1Cl. The molecule has 1 atom stereocenters. The molecule has 3 rings (SSSR count). The third-order valence-corrected chi connectivity index (χ3v) is 6.11. The van der Waals surface area contributed by atoms with Crippen molar-refractivity contribution in [2.75, 3.05) is 13.7 Å². The minimum Gasteiger partial charge on any atom is -0.495 e. The molecule has 1 N–H and O–H groups in total. The van der Waals surface area contributed by atoms with E-state index in [1.165, 1.54) is 23.5 Å². The van der Waals surface area contributed by atoms with Crippen molar-refractivity contribution in [1.29, 1.82) is 0 Å². The quantitative estimate of drug-likeness (QED) is 0.929. The highest BCUT2D eigenvalue weighted by Gasteiger charge is 2.36. The maximum atomic E-state index is 12.9. The molecule has 0 amide bonds. The molecule has 22 heavy (non-hydrogen) atoms. The minimum absolute atomic E-state index is 0.152. The van der Waals surface area contributed by atoms with E-state index in [9.17, 15) is 8.42 Å². The van der Waals surface area contributed by atoms with Crippen molar-refractivity contribution in [1.82, 2.24) is 9.29 Å². The zero-order chi connectivity index (χ0) is 15.7. The smallest absolute Gasteiger partial charge is 0.243 e. The number of nitrogens with one attached hydrogen (secondary N) is 1. The Morgan fingerprint density at radius 2 is 2.18 bits per heavy atom. The molecule has 0 bridgehead atoms. The number of ether oxygens (including phenoxy) is 1. The van der Waals surface area contributed by atoms with Crippen LogP contribution >= 0.6 is 11.6 Å². The zero-order valence-electron chi connectivity index (χ0n) is 12.1. The van der Waals surface area contributed by atoms with E-state index in [0.717, 1.165) is 18.5 Å². The third-order valence-electron chi connectivity index (χ3n) is 3.91. The van der Waals surface area contributed by atoms with Crippen LogP contribution in [0.2, 0.25) is 5.02 Å². The summed E-state index contributed by atoms with van der Waals surface area (Å²) in [6.07, 6.45) is 3.46. The Kier molecular flexibility index (Phi) is 4.16. The Labute approximate surface area is 134 Å². The van der Waals surface area contributed by atoms with Crippen LogP contribution in [0.4, 0.5) is 0 Å². The highest BCUT2D eigenvalue weighted by molar-refractivity contribution is 7.89. The van der Waals surface area contributed by atoms with E-state index >= 15 is 0 Å². The Morgan fingerprint density at radius 1 is 1.36 bits per heavy atom. The molecule has 1 aliphatic heterocycles. The van der Waals surface area contributed by atoms with E-state index in [4.69, 9.17) is 16.3 Å². The lowest BCUT2D eigenvalue weighted by Crippen LogP contribution is -2.30. The highest BCUT2D eigenvalue weighted by atomic mass is 35.5. The molecular weight excluding hydrogens is 324 g/mol. The van der Waals surface area contributed by atoms with Crippen LogP contribution in [0, 0.1) is 0 Å². The van der Waals surface area contributed by atoms with Gasteiger partial charge in [-0.1, -0.05) is 11.6 Å². The van der Waals surface area contributed by atoms with Gasteiger partial charge >= 0.3 is 0 Å². The summed E-state index contributed by atoms with van der Waals surface area (Å²) < 4.78 is 32.4. The molecule has 1 saturated heterocycles. The number of halogens is 1. The first-order valence-corrected chi connectivity index (χ1v) is 8.84. The van der Waals surface area contributed by atoms with E-state index in [0.29, 0.717) is 17.3 Å². The fourth-order valence-electron chi connectivity index (χ4n) is 2.83. The van der Waals surface area contributed by atoms with Crippen LogP contribution in [-0.4, -0.2) is 31.4 Å². The van der Waals surface area contributed by atoms with Crippen molar-refractivity contribution in [2.24, 2.45) is 0 Å². The predicted octanol–water partition coefficient (Wildman–Crippen LogP) is 3.20. The Morgan fingerprint density at radius 3 is 2.82 bits per heavy atom. The Hall–Kier alpha value is -1.50. The number of hydrogen-bond donors (Lipinski definition) is 1. The first kappa shape index (κ1) is 15.4. The molecule has 2 aromatic rings. The van der Waals surface area contributed by atoms with Crippen LogP contribution in [0.3, 0.4) is 0 Å². The number of methoxy groups -OCH3 is 1. The lowest BCUT2D eigenvalue weighted by Gasteiger charge is -2.23. The standard InChI is InChI=1S/C15H17ClN2O3S/c1-21-15-7-6-11(10-12(15)16)22(19,20)18-9-3-5-14(18)13-4-2-8-17-13/h2,4,6-8,10,14,17H,3,5,9H2,1H3. The van der Waals surface area contributed by atoms with Gasteiger partial charge in [-0.2, -0.15) is 4.31 Å². The summed E-state index contributed by atoms with van der Waals surface area (Å²) in [4.78, 5) is 3.30. The molecule has 1 unspecified atom stereocenters. The van der Waals surface area contributed by atoms with Crippen LogP contribution in [0.25, 0.3) is 0 Å². The molecular formula is C15H17ClN2O3S. The van der Waals surface area contributed by atoms with E-state index in [2.05, 4.69) is 4.98 Å². The number of hydrogen-bond acceptors (Lipinski definition) is 3. The van der Waals surface area contributed by atoms with Crippen molar-refractivity contribution in [3.8, 4) is 5.75 Å². The van der Waals surface area contributed by atoms with Crippen molar-refractivity contribution < 1.29 is 13.2 Å². The van der Waals surface area contributed by atoms with E-state index in [-0.39, 0.29) is 10.9 Å². The van der Waals surface area contributed by atoms with Crippen LogP contribution in [0.15, 0.2) is 41.4 Å². The first-order valence-electron chi connectivity index (χ1n) is 7.02.